The molecule has 172 valence electrons. The maximum absolute atomic E-state index is 13.0. The van der Waals surface area contributed by atoms with Crippen molar-refractivity contribution in [1.82, 2.24) is 19.9 Å². The quantitative estimate of drug-likeness (QED) is 0.552. The van der Waals surface area contributed by atoms with Crippen LogP contribution in [0, 0.1) is 0 Å². The molecule has 1 saturated carbocycles. The molecule has 0 spiro atoms. The van der Waals surface area contributed by atoms with Gasteiger partial charge in [-0.2, -0.15) is 4.98 Å². The molecular weight excluding hydrogens is 416 g/mol. The van der Waals surface area contributed by atoms with E-state index in [0.717, 1.165) is 37.2 Å². The Labute approximate surface area is 194 Å². The first-order valence-corrected chi connectivity index (χ1v) is 11.9. The molecule has 1 unspecified atom stereocenters. The van der Waals surface area contributed by atoms with Crippen LogP contribution in [-0.4, -0.2) is 58.1 Å². The first-order chi connectivity index (χ1) is 16.2. The maximum atomic E-state index is 13.0. The Bertz CT molecular complexity index is 1050. The van der Waals surface area contributed by atoms with Gasteiger partial charge in [0, 0.05) is 37.3 Å². The van der Waals surface area contributed by atoms with E-state index in [1.165, 1.54) is 12.8 Å². The summed E-state index contributed by atoms with van der Waals surface area (Å²) in [5.41, 5.74) is 1.65. The Hall–Kier alpha value is -3.19. The number of carbonyl (C=O) groups is 1. The van der Waals surface area contributed by atoms with Crippen LogP contribution in [0.3, 0.4) is 0 Å². The summed E-state index contributed by atoms with van der Waals surface area (Å²) >= 11 is 0. The van der Waals surface area contributed by atoms with Gasteiger partial charge in [-0.15, -0.1) is 0 Å². The number of aromatic nitrogens is 2. The van der Waals surface area contributed by atoms with Crippen LogP contribution in [0.25, 0.3) is 11.4 Å². The van der Waals surface area contributed by atoms with Gasteiger partial charge >= 0.3 is 0 Å². The Kier molecular flexibility index (Phi) is 6.39. The lowest BCUT2D eigenvalue weighted by Crippen LogP contribution is -2.49. The second-order valence-corrected chi connectivity index (χ2v) is 8.88. The molecule has 5 rings (SSSR count). The van der Waals surface area contributed by atoms with E-state index >= 15 is 0 Å². The number of amides is 1. The fourth-order valence-electron chi connectivity index (χ4n) is 4.64. The molecule has 0 N–H and O–H groups in total. The number of hydrogen-bond acceptors (Lipinski definition) is 6. The Morgan fingerprint density at radius 1 is 1.00 bits per heavy atom. The highest BCUT2D eigenvalue weighted by Crippen LogP contribution is 2.26. The smallest absolute Gasteiger partial charge is 0.253 e. The molecule has 2 fully saturated rings. The number of piperazine rings is 1. The molecule has 33 heavy (non-hydrogen) atoms. The third kappa shape index (κ3) is 4.93. The molecule has 7 heteroatoms. The highest BCUT2D eigenvalue weighted by Gasteiger charge is 2.28. The molecule has 2 aromatic carbocycles. The van der Waals surface area contributed by atoms with Crippen molar-refractivity contribution in [3.05, 3.63) is 66.1 Å². The Morgan fingerprint density at radius 3 is 2.39 bits per heavy atom. The lowest BCUT2D eigenvalue weighted by Gasteiger charge is -2.36. The zero-order valence-corrected chi connectivity index (χ0v) is 19.0. The second kappa shape index (κ2) is 9.75. The zero-order valence-electron chi connectivity index (χ0n) is 19.0. The molecule has 1 atom stereocenters. The van der Waals surface area contributed by atoms with Crippen LogP contribution in [0.5, 0.6) is 5.75 Å². The summed E-state index contributed by atoms with van der Waals surface area (Å²) in [7, 11) is 0. The van der Waals surface area contributed by atoms with Crippen molar-refractivity contribution in [3.8, 4) is 17.1 Å². The van der Waals surface area contributed by atoms with Gasteiger partial charge in [0.25, 0.3) is 5.91 Å². The summed E-state index contributed by atoms with van der Waals surface area (Å²) in [5.74, 6) is 2.13. The fourth-order valence-corrected chi connectivity index (χ4v) is 4.64. The predicted molar refractivity (Wildman–Crippen MR) is 125 cm³/mol. The van der Waals surface area contributed by atoms with E-state index in [1.54, 1.807) is 0 Å². The van der Waals surface area contributed by atoms with Gasteiger partial charge in [-0.25, -0.2) is 0 Å². The lowest BCUT2D eigenvalue weighted by molar-refractivity contribution is 0.0551. The van der Waals surface area contributed by atoms with Crippen LogP contribution in [0.1, 0.15) is 54.9 Å². The molecule has 0 radical (unpaired) electrons. The van der Waals surface area contributed by atoms with Crippen molar-refractivity contribution in [2.45, 2.75) is 44.8 Å². The largest absolute Gasteiger partial charge is 0.490 e. The molecule has 1 amide bonds. The van der Waals surface area contributed by atoms with Crippen molar-refractivity contribution < 1.29 is 14.1 Å². The molecule has 2 aliphatic rings. The molecule has 1 aromatic heterocycles. The highest BCUT2D eigenvalue weighted by molar-refractivity contribution is 5.94. The number of nitrogens with zero attached hydrogens (tertiary/aromatic N) is 4. The monoisotopic (exact) mass is 446 g/mol. The number of ether oxygens (including phenoxy) is 1. The van der Waals surface area contributed by atoms with Gasteiger partial charge in [0.1, 0.15) is 5.75 Å². The van der Waals surface area contributed by atoms with Crippen molar-refractivity contribution in [1.29, 1.82) is 0 Å². The first kappa shape index (κ1) is 21.6. The van der Waals surface area contributed by atoms with Gasteiger partial charge in [0.05, 0.1) is 12.1 Å². The molecule has 7 nitrogen and oxygen atoms in total. The average Bonchev–Trinajstić information content (AvgIpc) is 3.57. The number of hydrogen-bond donors (Lipinski definition) is 0. The van der Waals surface area contributed by atoms with E-state index < -0.39 is 0 Å². The van der Waals surface area contributed by atoms with Gasteiger partial charge in [-0.3, -0.25) is 9.69 Å². The van der Waals surface area contributed by atoms with Crippen molar-refractivity contribution in [2.75, 3.05) is 26.2 Å². The van der Waals surface area contributed by atoms with Crippen molar-refractivity contribution in [3.63, 3.8) is 0 Å². The van der Waals surface area contributed by atoms with Gasteiger partial charge in [0.15, 0.2) is 0 Å². The minimum absolute atomic E-state index is 0.000709. The third-order valence-corrected chi connectivity index (χ3v) is 6.69. The second-order valence-electron chi connectivity index (χ2n) is 8.88. The number of benzene rings is 2. The van der Waals surface area contributed by atoms with Crippen LogP contribution in [0.15, 0.2) is 59.1 Å². The molecule has 1 saturated heterocycles. The van der Waals surface area contributed by atoms with E-state index in [-0.39, 0.29) is 11.9 Å². The van der Waals surface area contributed by atoms with E-state index in [4.69, 9.17) is 9.26 Å². The van der Waals surface area contributed by atoms with Gasteiger partial charge < -0.3 is 14.2 Å². The molecular formula is C26H30N4O3. The molecule has 0 bridgehead atoms. The fraction of sp³-hybridized carbons (Fsp3) is 0.423. The first-order valence-electron chi connectivity index (χ1n) is 11.9. The summed E-state index contributed by atoms with van der Waals surface area (Å²) in [6.45, 7) is 4.94. The summed E-state index contributed by atoms with van der Waals surface area (Å²) < 4.78 is 11.6. The maximum Gasteiger partial charge on any atom is 0.253 e. The molecule has 1 aliphatic carbocycles. The minimum atomic E-state index is -0.000709. The normalized spacial score (nSPS) is 18.4. The van der Waals surface area contributed by atoms with Crippen LogP contribution >= 0.6 is 0 Å². The summed E-state index contributed by atoms with van der Waals surface area (Å²) in [4.78, 5) is 21.8. The Balaban J connectivity index is 1.15. The van der Waals surface area contributed by atoms with Gasteiger partial charge in [0.2, 0.25) is 11.7 Å². The van der Waals surface area contributed by atoms with Crippen LogP contribution < -0.4 is 4.74 Å². The number of carbonyl (C=O) groups excluding carboxylic acids is 1. The lowest BCUT2D eigenvalue weighted by atomic mass is 10.1. The van der Waals surface area contributed by atoms with E-state index in [9.17, 15) is 4.79 Å². The van der Waals surface area contributed by atoms with E-state index in [2.05, 4.69) is 22.0 Å². The SMILES string of the molecule is CC(c1nc(-c2ccccc2)no1)N1CCN(C(=O)c2ccc(OC3CCCC3)cc2)CC1. The molecule has 1 aliphatic heterocycles. The van der Waals surface area contributed by atoms with Crippen molar-refractivity contribution in [2.24, 2.45) is 0 Å². The average molecular weight is 447 g/mol. The zero-order chi connectivity index (χ0) is 22.6. The summed E-state index contributed by atoms with van der Waals surface area (Å²) in [5, 5.41) is 4.14. The third-order valence-electron chi connectivity index (χ3n) is 6.69. The van der Waals surface area contributed by atoms with Crippen LogP contribution in [0.4, 0.5) is 0 Å². The van der Waals surface area contributed by atoms with Gasteiger partial charge in [-0.05, 0) is 56.9 Å². The Morgan fingerprint density at radius 2 is 1.70 bits per heavy atom. The molecule has 3 aromatic rings. The van der Waals surface area contributed by atoms with E-state index in [0.29, 0.717) is 36.5 Å². The standard InChI is InChI=1S/C26H30N4O3/c1-19(25-27-24(28-33-25)20-7-3-2-4-8-20)29-15-17-30(18-16-29)26(31)21-11-13-23(14-12-21)32-22-9-5-6-10-22/h2-4,7-8,11-14,19,22H,5-6,9-10,15-18H2,1H3. The van der Waals surface area contributed by atoms with Crippen molar-refractivity contribution >= 4 is 5.91 Å². The topological polar surface area (TPSA) is 71.7 Å². The molecule has 2 heterocycles. The predicted octanol–water partition coefficient (Wildman–Crippen LogP) is 4.58. The van der Waals surface area contributed by atoms with Crippen LogP contribution in [0.2, 0.25) is 0 Å². The summed E-state index contributed by atoms with van der Waals surface area (Å²) in [6.07, 6.45) is 5.06. The summed E-state index contributed by atoms with van der Waals surface area (Å²) in [6, 6.07) is 17.4. The highest BCUT2D eigenvalue weighted by atomic mass is 16.5. The van der Waals surface area contributed by atoms with Crippen LogP contribution in [-0.2, 0) is 0 Å². The van der Waals surface area contributed by atoms with Gasteiger partial charge in [-0.1, -0.05) is 35.5 Å². The minimum Gasteiger partial charge on any atom is -0.490 e. The van der Waals surface area contributed by atoms with E-state index in [1.807, 2.05) is 59.5 Å². The number of rotatable bonds is 6.